The zero-order chi connectivity index (χ0) is 18.7. The van der Waals surface area contributed by atoms with Crippen molar-refractivity contribution in [3.05, 3.63) is 65.2 Å². The van der Waals surface area contributed by atoms with Gasteiger partial charge in [0.05, 0.1) is 12.0 Å². The zero-order valence-electron chi connectivity index (χ0n) is 13.8. The van der Waals surface area contributed by atoms with Crippen molar-refractivity contribution >= 4 is 11.9 Å². The van der Waals surface area contributed by atoms with Gasteiger partial charge in [0.1, 0.15) is 0 Å². The molecule has 0 aliphatic carbocycles. The lowest BCUT2D eigenvalue weighted by molar-refractivity contribution is -0.137. The largest absolute Gasteiger partial charge is 0.416 e. The summed E-state index contributed by atoms with van der Waals surface area (Å²) in [6.45, 7) is 1.96. The maximum absolute atomic E-state index is 12.7. The molecular weight excluding hydrogens is 345 g/mol. The van der Waals surface area contributed by atoms with Gasteiger partial charge in [0, 0.05) is 5.56 Å². The molecule has 2 N–H and O–H groups in total. The minimum Gasteiger partial charge on any atom is -0.293 e. The minimum absolute atomic E-state index is 0.0672. The van der Waals surface area contributed by atoms with E-state index in [4.69, 9.17) is 0 Å². The Kier molecular flexibility index (Phi) is 4.75. The van der Waals surface area contributed by atoms with E-state index < -0.39 is 17.6 Å². The van der Waals surface area contributed by atoms with Crippen molar-refractivity contribution in [2.24, 2.45) is 0 Å². The highest BCUT2D eigenvalue weighted by Crippen LogP contribution is 2.29. The summed E-state index contributed by atoms with van der Waals surface area (Å²) in [7, 11) is 0. The number of anilines is 1. The molecule has 0 atom stereocenters. The highest BCUT2D eigenvalue weighted by molar-refractivity contribution is 5.90. The van der Waals surface area contributed by atoms with Gasteiger partial charge in [-0.3, -0.25) is 15.2 Å². The van der Waals surface area contributed by atoms with Crippen molar-refractivity contribution in [1.29, 1.82) is 0 Å². The van der Waals surface area contributed by atoms with E-state index in [1.807, 2.05) is 31.2 Å². The standard InChI is InChI=1S/C18H15F3N4O/c1-11-5-7-13(8-6-11)16-23-17(25-24-16)22-15(26)10-12-3-2-4-14(9-12)18(19,20)21/h2-9H,10H2,1H3,(H2,22,23,24,25,26). The van der Waals surface area contributed by atoms with Gasteiger partial charge in [0.2, 0.25) is 11.9 Å². The Labute approximate surface area is 147 Å². The first kappa shape index (κ1) is 17.7. The highest BCUT2D eigenvalue weighted by atomic mass is 19.4. The Morgan fingerprint density at radius 3 is 2.58 bits per heavy atom. The van der Waals surface area contributed by atoms with Crippen LogP contribution < -0.4 is 5.32 Å². The highest BCUT2D eigenvalue weighted by Gasteiger charge is 2.30. The number of aromatic nitrogens is 3. The fourth-order valence-corrected chi connectivity index (χ4v) is 2.37. The van der Waals surface area contributed by atoms with Gasteiger partial charge >= 0.3 is 6.18 Å². The number of hydrogen-bond acceptors (Lipinski definition) is 3. The molecule has 134 valence electrons. The summed E-state index contributed by atoms with van der Waals surface area (Å²) in [5.74, 6) is 0.0516. The number of benzene rings is 2. The number of carbonyl (C=O) groups excluding carboxylic acids is 1. The molecule has 3 rings (SSSR count). The molecule has 8 heteroatoms. The molecule has 2 aromatic carbocycles. The number of H-pyrrole nitrogens is 1. The van der Waals surface area contributed by atoms with Crippen LogP contribution in [0.3, 0.4) is 0 Å². The first-order valence-corrected chi connectivity index (χ1v) is 7.77. The van der Waals surface area contributed by atoms with Crippen LogP contribution in [0, 0.1) is 6.92 Å². The first-order chi connectivity index (χ1) is 12.3. The van der Waals surface area contributed by atoms with Crippen LogP contribution in [0.1, 0.15) is 16.7 Å². The molecule has 1 heterocycles. The van der Waals surface area contributed by atoms with E-state index in [2.05, 4.69) is 20.5 Å². The molecule has 0 saturated carbocycles. The van der Waals surface area contributed by atoms with Gasteiger partial charge < -0.3 is 0 Å². The number of halogens is 3. The number of aromatic amines is 1. The van der Waals surface area contributed by atoms with Gasteiger partial charge in [0.25, 0.3) is 0 Å². The molecule has 0 bridgehead atoms. The lowest BCUT2D eigenvalue weighted by Gasteiger charge is -2.08. The van der Waals surface area contributed by atoms with E-state index in [9.17, 15) is 18.0 Å². The Morgan fingerprint density at radius 2 is 1.88 bits per heavy atom. The SMILES string of the molecule is Cc1ccc(-c2nc(NC(=O)Cc3cccc(C(F)(F)F)c3)n[nH]2)cc1. The lowest BCUT2D eigenvalue weighted by Crippen LogP contribution is -2.16. The fraction of sp³-hybridized carbons (Fsp3) is 0.167. The summed E-state index contributed by atoms with van der Waals surface area (Å²) in [6.07, 6.45) is -4.66. The van der Waals surface area contributed by atoms with Gasteiger partial charge in [-0.25, -0.2) is 0 Å². The van der Waals surface area contributed by atoms with Crippen LogP contribution >= 0.6 is 0 Å². The molecule has 0 unspecified atom stereocenters. The summed E-state index contributed by atoms with van der Waals surface area (Å²) in [5, 5.41) is 9.10. The van der Waals surface area contributed by atoms with E-state index in [0.29, 0.717) is 5.82 Å². The van der Waals surface area contributed by atoms with Crippen LogP contribution in [0.15, 0.2) is 48.5 Å². The third kappa shape index (κ3) is 4.27. The van der Waals surface area contributed by atoms with Crippen LogP contribution in [0.2, 0.25) is 0 Å². The molecule has 0 radical (unpaired) electrons. The van der Waals surface area contributed by atoms with E-state index in [1.165, 1.54) is 12.1 Å². The average molecular weight is 360 g/mol. The van der Waals surface area contributed by atoms with Crippen LogP contribution in [0.4, 0.5) is 19.1 Å². The smallest absolute Gasteiger partial charge is 0.293 e. The zero-order valence-corrected chi connectivity index (χ0v) is 13.8. The van der Waals surface area contributed by atoms with Crippen LogP contribution in [-0.4, -0.2) is 21.1 Å². The predicted octanol–water partition coefficient (Wildman–Crippen LogP) is 3.98. The fourth-order valence-electron chi connectivity index (χ4n) is 2.37. The summed E-state index contributed by atoms with van der Waals surface area (Å²) in [4.78, 5) is 16.2. The average Bonchev–Trinajstić information content (AvgIpc) is 3.03. The first-order valence-electron chi connectivity index (χ1n) is 7.77. The van der Waals surface area contributed by atoms with Gasteiger partial charge in [-0.2, -0.15) is 18.2 Å². The molecule has 5 nitrogen and oxygen atoms in total. The molecule has 0 aliphatic heterocycles. The number of amides is 1. The second-order valence-corrected chi connectivity index (χ2v) is 5.80. The molecule has 26 heavy (non-hydrogen) atoms. The predicted molar refractivity (Wildman–Crippen MR) is 90.3 cm³/mol. The van der Waals surface area contributed by atoms with Crippen LogP contribution in [-0.2, 0) is 17.4 Å². The minimum atomic E-state index is -4.45. The number of nitrogens with one attached hydrogen (secondary N) is 2. The molecule has 1 aromatic heterocycles. The number of alkyl halides is 3. The quantitative estimate of drug-likeness (QED) is 0.739. The number of nitrogens with zero attached hydrogens (tertiary/aromatic N) is 2. The number of aryl methyl sites for hydroxylation is 1. The second-order valence-electron chi connectivity index (χ2n) is 5.80. The normalized spacial score (nSPS) is 11.4. The van der Waals surface area contributed by atoms with E-state index >= 15 is 0 Å². The number of rotatable bonds is 4. The monoisotopic (exact) mass is 360 g/mol. The lowest BCUT2D eigenvalue weighted by atomic mass is 10.1. The van der Waals surface area contributed by atoms with E-state index in [-0.39, 0.29) is 17.9 Å². The summed E-state index contributed by atoms with van der Waals surface area (Å²) in [6, 6.07) is 12.2. The Bertz CT molecular complexity index is 917. The topological polar surface area (TPSA) is 70.7 Å². The van der Waals surface area contributed by atoms with Crippen molar-refractivity contribution in [1.82, 2.24) is 15.2 Å². The Balaban J connectivity index is 1.67. The van der Waals surface area contributed by atoms with Crippen molar-refractivity contribution in [3.8, 4) is 11.4 Å². The maximum atomic E-state index is 12.7. The second kappa shape index (κ2) is 6.99. The maximum Gasteiger partial charge on any atom is 0.416 e. The summed E-state index contributed by atoms with van der Waals surface area (Å²) >= 11 is 0. The summed E-state index contributed by atoms with van der Waals surface area (Å²) in [5.41, 5.74) is 1.37. The molecule has 3 aromatic rings. The van der Waals surface area contributed by atoms with Crippen molar-refractivity contribution in [3.63, 3.8) is 0 Å². The van der Waals surface area contributed by atoms with Gasteiger partial charge in [0.15, 0.2) is 5.82 Å². The molecular formula is C18H15F3N4O. The summed E-state index contributed by atoms with van der Waals surface area (Å²) < 4.78 is 38.1. The Hall–Kier alpha value is -3.16. The van der Waals surface area contributed by atoms with Gasteiger partial charge in [-0.05, 0) is 18.6 Å². The Morgan fingerprint density at radius 1 is 1.15 bits per heavy atom. The molecule has 0 spiro atoms. The van der Waals surface area contributed by atoms with Gasteiger partial charge in [-0.1, -0.05) is 48.0 Å². The third-order valence-electron chi connectivity index (χ3n) is 3.68. The van der Waals surface area contributed by atoms with E-state index in [0.717, 1.165) is 23.3 Å². The van der Waals surface area contributed by atoms with Gasteiger partial charge in [-0.15, -0.1) is 5.10 Å². The molecule has 1 amide bonds. The molecule has 0 aliphatic rings. The number of hydrogen-bond donors (Lipinski definition) is 2. The molecule has 0 saturated heterocycles. The van der Waals surface area contributed by atoms with Crippen LogP contribution in [0.25, 0.3) is 11.4 Å². The van der Waals surface area contributed by atoms with Crippen molar-refractivity contribution in [2.75, 3.05) is 5.32 Å². The van der Waals surface area contributed by atoms with Crippen molar-refractivity contribution < 1.29 is 18.0 Å². The third-order valence-corrected chi connectivity index (χ3v) is 3.68. The van der Waals surface area contributed by atoms with Crippen LogP contribution in [0.5, 0.6) is 0 Å². The van der Waals surface area contributed by atoms with E-state index in [1.54, 1.807) is 0 Å². The van der Waals surface area contributed by atoms with Crippen molar-refractivity contribution in [2.45, 2.75) is 19.5 Å². The number of carbonyl (C=O) groups is 1. The molecule has 0 fully saturated rings.